The molecule has 1 heterocycles. The standard InChI is InChI=1S/C14H11N3O3/c1-10(18)13(14-6-3-7-15-16-14)9-11-4-2-5-12(8-11)17(19)20/h2-9H,1H3. The van der Waals surface area contributed by atoms with Gasteiger partial charge in [-0.15, -0.1) is 0 Å². The molecule has 6 heteroatoms. The summed E-state index contributed by atoms with van der Waals surface area (Å²) in [4.78, 5) is 22.0. The fourth-order valence-corrected chi connectivity index (χ4v) is 1.70. The van der Waals surface area contributed by atoms with Gasteiger partial charge in [-0.05, 0) is 30.7 Å². The van der Waals surface area contributed by atoms with Gasteiger partial charge in [-0.1, -0.05) is 12.1 Å². The molecule has 0 aliphatic heterocycles. The monoisotopic (exact) mass is 269 g/mol. The van der Waals surface area contributed by atoms with E-state index in [-0.39, 0.29) is 11.5 Å². The number of nitrogens with zero attached hydrogens (tertiary/aromatic N) is 3. The number of non-ortho nitro benzene ring substituents is 1. The van der Waals surface area contributed by atoms with Crippen molar-refractivity contribution in [2.45, 2.75) is 6.92 Å². The van der Waals surface area contributed by atoms with Gasteiger partial charge in [0.25, 0.3) is 5.69 Å². The van der Waals surface area contributed by atoms with Crippen molar-refractivity contribution in [3.05, 3.63) is 64.0 Å². The van der Waals surface area contributed by atoms with E-state index in [0.717, 1.165) is 0 Å². The van der Waals surface area contributed by atoms with Crippen molar-refractivity contribution in [3.63, 3.8) is 0 Å². The van der Waals surface area contributed by atoms with Gasteiger partial charge in [0.1, 0.15) is 0 Å². The Labute approximate surface area is 114 Å². The third-order valence-electron chi connectivity index (χ3n) is 2.62. The molecule has 100 valence electrons. The second-order valence-corrected chi connectivity index (χ2v) is 4.08. The van der Waals surface area contributed by atoms with Crippen LogP contribution in [0.5, 0.6) is 0 Å². The van der Waals surface area contributed by atoms with E-state index < -0.39 is 4.92 Å². The first-order valence-electron chi connectivity index (χ1n) is 5.83. The quantitative estimate of drug-likeness (QED) is 0.483. The first kappa shape index (κ1) is 13.5. The molecule has 0 N–H and O–H groups in total. The van der Waals surface area contributed by atoms with Gasteiger partial charge in [0.2, 0.25) is 0 Å². The van der Waals surface area contributed by atoms with E-state index in [1.807, 2.05) is 0 Å². The Bertz CT molecular complexity index is 681. The number of benzene rings is 1. The van der Waals surface area contributed by atoms with Crippen molar-refractivity contribution in [1.29, 1.82) is 0 Å². The van der Waals surface area contributed by atoms with Crippen LogP contribution in [0.4, 0.5) is 5.69 Å². The molecule has 1 aromatic heterocycles. The summed E-state index contributed by atoms with van der Waals surface area (Å²) >= 11 is 0. The van der Waals surface area contributed by atoms with Gasteiger partial charge in [0.15, 0.2) is 5.78 Å². The molecular weight excluding hydrogens is 258 g/mol. The van der Waals surface area contributed by atoms with Crippen molar-refractivity contribution in [2.75, 3.05) is 0 Å². The normalized spacial score (nSPS) is 11.2. The molecule has 0 amide bonds. The van der Waals surface area contributed by atoms with Gasteiger partial charge in [-0.25, -0.2) is 0 Å². The summed E-state index contributed by atoms with van der Waals surface area (Å²) in [5.41, 5.74) is 1.33. The molecular formula is C14H11N3O3. The Hall–Kier alpha value is -2.89. The Kier molecular flexibility index (Phi) is 3.95. The van der Waals surface area contributed by atoms with Crippen LogP contribution in [0.15, 0.2) is 42.6 Å². The van der Waals surface area contributed by atoms with E-state index in [1.54, 1.807) is 30.3 Å². The van der Waals surface area contributed by atoms with Crippen molar-refractivity contribution in [2.24, 2.45) is 0 Å². The van der Waals surface area contributed by atoms with Crippen LogP contribution >= 0.6 is 0 Å². The van der Waals surface area contributed by atoms with Crippen LogP contribution in [0.2, 0.25) is 0 Å². The van der Waals surface area contributed by atoms with Gasteiger partial charge in [0, 0.05) is 23.9 Å². The summed E-state index contributed by atoms with van der Waals surface area (Å²) < 4.78 is 0. The van der Waals surface area contributed by atoms with Crippen LogP contribution in [-0.4, -0.2) is 20.9 Å². The Morgan fingerprint density at radius 2 is 2.10 bits per heavy atom. The molecule has 0 radical (unpaired) electrons. The minimum absolute atomic E-state index is 0.0270. The lowest BCUT2D eigenvalue weighted by atomic mass is 10.0. The van der Waals surface area contributed by atoms with Crippen LogP contribution in [0.1, 0.15) is 18.2 Å². The van der Waals surface area contributed by atoms with Crippen LogP contribution in [-0.2, 0) is 4.79 Å². The number of ketones is 1. The zero-order valence-electron chi connectivity index (χ0n) is 10.7. The molecule has 0 aliphatic rings. The highest BCUT2D eigenvalue weighted by Gasteiger charge is 2.10. The lowest BCUT2D eigenvalue weighted by Crippen LogP contribution is -1.99. The molecule has 0 saturated heterocycles. The molecule has 2 rings (SSSR count). The van der Waals surface area contributed by atoms with E-state index in [4.69, 9.17) is 0 Å². The van der Waals surface area contributed by atoms with E-state index in [1.165, 1.54) is 25.3 Å². The average Bonchev–Trinajstić information content (AvgIpc) is 2.45. The molecule has 20 heavy (non-hydrogen) atoms. The highest BCUT2D eigenvalue weighted by molar-refractivity contribution is 6.23. The first-order chi connectivity index (χ1) is 9.58. The second-order valence-electron chi connectivity index (χ2n) is 4.08. The Morgan fingerprint density at radius 3 is 2.70 bits per heavy atom. The van der Waals surface area contributed by atoms with Crippen LogP contribution in [0.25, 0.3) is 11.6 Å². The van der Waals surface area contributed by atoms with Crippen molar-refractivity contribution >= 4 is 23.1 Å². The molecule has 0 spiro atoms. The number of Topliss-reactive ketones (excluding diaryl/α,β-unsaturated/α-hetero) is 1. The molecule has 0 unspecified atom stereocenters. The van der Waals surface area contributed by atoms with Gasteiger partial charge < -0.3 is 0 Å². The molecule has 6 nitrogen and oxygen atoms in total. The summed E-state index contributed by atoms with van der Waals surface area (Å²) in [5, 5.41) is 18.3. The predicted octanol–water partition coefficient (Wildman–Crippen LogP) is 2.51. The SMILES string of the molecule is CC(=O)C(=Cc1cccc([N+](=O)[O-])c1)c1cccnn1. The highest BCUT2D eigenvalue weighted by atomic mass is 16.6. The first-order valence-corrected chi connectivity index (χ1v) is 5.83. The molecule has 0 bridgehead atoms. The lowest BCUT2D eigenvalue weighted by Gasteiger charge is -2.02. The summed E-state index contributed by atoms with van der Waals surface area (Å²) in [6, 6.07) is 9.39. The van der Waals surface area contributed by atoms with E-state index >= 15 is 0 Å². The lowest BCUT2D eigenvalue weighted by molar-refractivity contribution is -0.384. The molecule has 1 aromatic carbocycles. The number of hydrogen-bond acceptors (Lipinski definition) is 5. The minimum atomic E-state index is -0.479. The maximum absolute atomic E-state index is 11.7. The van der Waals surface area contributed by atoms with Crippen LogP contribution in [0, 0.1) is 10.1 Å². The summed E-state index contributed by atoms with van der Waals surface area (Å²) in [6.07, 6.45) is 3.08. The number of hydrogen-bond donors (Lipinski definition) is 0. The number of aromatic nitrogens is 2. The van der Waals surface area contributed by atoms with Gasteiger partial charge >= 0.3 is 0 Å². The predicted molar refractivity (Wildman–Crippen MR) is 73.7 cm³/mol. The molecule has 0 aliphatic carbocycles. The van der Waals surface area contributed by atoms with Gasteiger partial charge in [0.05, 0.1) is 10.6 Å². The molecule has 2 aromatic rings. The topological polar surface area (TPSA) is 86.0 Å². The van der Waals surface area contributed by atoms with Gasteiger partial charge in [-0.2, -0.15) is 10.2 Å². The average molecular weight is 269 g/mol. The van der Waals surface area contributed by atoms with Crippen LogP contribution < -0.4 is 0 Å². The van der Waals surface area contributed by atoms with E-state index in [9.17, 15) is 14.9 Å². The van der Waals surface area contributed by atoms with E-state index in [2.05, 4.69) is 10.2 Å². The summed E-state index contributed by atoms with van der Waals surface area (Å²) in [5.74, 6) is -0.183. The zero-order valence-corrected chi connectivity index (χ0v) is 10.7. The third kappa shape index (κ3) is 3.11. The Balaban J connectivity index is 2.47. The smallest absolute Gasteiger partial charge is 0.270 e. The number of allylic oxidation sites excluding steroid dienone is 1. The maximum Gasteiger partial charge on any atom is 0.270 e. The fraction of sp³-hybridized carbons (Fsp3) is 0.0714. The maximum atomic E-state index is 11.7. The molecule has 0 fully saturated rings. The van der Waals surface area contributed by atoms with Crippen molar-refractivity contribution < 1.29 is 9.72 Å². The largest absolute Gasteiger partial charge is 0.294 e. The number of rotatable bonds is 4. The highest BCUT2D eigenvalue weighted by Crippen LogP contribution is 2.20. The number of nitro groups is 1. The Morgan fingerprint density at radius 1 is 1.30 bits per heavy atom. The zero-order chi connectivity index (χ0) is 14.5. The van der Waals surface area contributed by atoms with Crippen molar-refractivity contribution in [3.8, 4) is 0 Å². The summed E-state index contributed by atoms with van der Waals surface area (Å²) in [7, 11) is 0. The van der Waals surface area contributed by atoms with Crippen LogP contribution in [0.3, 0.4) is 0 Å². The minimum Gasteiger partial charge on any atom is -0.294 e. The number of carbonyl (C=O) groups excluding carboxylic acids is 1. The van der Waals surface area contributed by atoms with Gasteiger partial charge in [-0.3, -0.25) is 14.9 Å². The number of nitro benzene ring substituents is 1. The molecule has 0 atom stereocenters. The second kappa shape index (κ2) is 5.83. The third-order valence-corrected chi connectivity index (χ3v) is 2.62. The number of carbonyl (C=O) groups is 1. The van der Waals surface area contributed by atoms with E-state index in [0.29, 0.717) is 16.8 Å². The van der Waals surface area contributed by atoms with Crippen molar-refractivity contribution in [1.82, 2.24) is 10.2 Å². The molecule has 0 saturated carbocycles. The fourth-order valence-electron chi connectivity index (χ4n) is 1.70. The summed E-state index contributed by atoms with van der Waals surface area (Å²) in [6.45, 7) is 1.41.